The Labute approximate surface area is 128 Å². The Bertz CT molecular complexity index is 559. The number of hydrogen-bond donors (Lipinski definition) is 0. The fraction of sp³-hybridized carbons (Fsp3) is 0.643. The van der Waals surface area contributed by atoms with Crippen LogP contribution in [0.5, 0.6) is 0 Å². The van der Waals surface area contributed by atoms with E-state index in [2.05, 4.69) is 15.3 Å². The molecule has 3 rings (SSSR count). The van der Waals surface area contributed by atoms with Crippen molar-refractivity contribution in [2.24, 2.45) is 0 Å². The summed E-state index contributed by atoms with van der Waals surface area (Å²) in [5.74, 6) is 0.126. The number of nitrogens with zero attached hydrogens (tertiary/aromatic N) is 4. The molecule has 1 aromatic heterocycles. The number of thiazole rings is 1. The molecule has 1 unspecified atom stereocenters. The molecule has 7 heteroatoms. The maximum absolute atomic E-state index is 12.2. The normalized spacial score (nSPS) is 23.6. The SMILES string of the molecule is Cc1nc(CCN2CCN3C(=O)CN(C)C(=O)C3C2)cs1. The summed E-state index contributed by atoms with van der Waals surface area (Å²) in [4.78, 5) is 34.2. The Kier molecular flexibility index (Phi) is 3.95. The molecule has 21 heavy (non-hydrogen) atoms. The average Bonchev–Trinajstić information content (AvgIpc) is 2.88. The summed E-state index contributed by atoms with van der Waals surface area (Å²) in [6.45, 7) is 5.24. The molecule has 2 amide bonds. The number of carbonyl (C=O) groups is 2. The molecule has 0 N–H and O–H groups in total. The van der Waals surface area contributed by atoms with Crippen molar-refractivity contribution >= 4 is 23.2 Å². The second-order valence-electron chi connectivity index (χ2n) is 5.71. The molecular weight excluding hydrogens is 288 g/mol. The third-order valence-corrected chi connectivity index (χ3v) is 4.99. The van der Waals surface area contributed by atoms with Crippen LogP contribution in [0.15, 0.2) is 5.38 Å². The first-order chi connectivity index (χ1) is 10.0. The molecule has 2 saturated heterocycles. The first-order valence-electron chi connectivity index (χ1n) is 7.22. The minimum atomic E-state index is -0.304. The van der Waals surface area contributed by atoms with Crippen LogP contribution in [-0.2, 0) is 16.0 Å². The largest absolute Gasteiger partial charge is 0.335 e. The monoisotopic (exact) mass is 308 g/mol. The first-order valence-corrected chi connectivity index (χ1v) is 8.10. The molecule has 0 aromatic carbocycles. The zero-order chi connectivity index (χ0) is 15.0. The van der Waals surface area contributed by atoms with Crippen molar-refractivity contribution in [1.82, 2.24) is 19.7 Å². The molecule has 0 saturated carbocycles. The highest BCUT2D eigenvalue weighted by molar-refractivity contribution is 7.09. The van der Waals surface area contributed by atoms with E-state index in [4.69, 9.17) is 0 Å². The summed E-state index contributed by atoms with van der Waals surface area (Å²) in [5, 5.41) is 3.18. The number of amides is 2. The lowest BCUT2D eigenvalue weighted by Gasteiger charge is -2.45. The number of aromatic nitrogens is 1. The fourth-order valence-corrected chi connectivity index (χ4v) is 3.62. The molecule has 1 aromatic rings. The van der Waals surface area contributed by atoms with E-state index in [1.807, 2.05) is 6.92 Å². The molecule has 2 fully saturated rings. The van der Waals surface area contributed by atoms with Gasteiger partial charge in [-0.2, -0.15) is 0 Å². The number of rotatable bonds is 3. The predicted octanol–water partition coefficient (Wildman–Crippen LogP) is -0.0212. The van der Waals surface area contributed by atoms with Gasteiger partial charge >= 0.3 is 0 Å². The van der Waals surface area contributed by atoms with E-state index in [-0.39, 0.29) is 24.4 Å². The number of carbonyl (C=O) groups excluding carboxylic acids is 2. The van der Waals surface area contributed by atoms with Gasteiger partial charge in [-0.3, -0.25) is 14.5 Å². The van der Waals surface area contributed by atoms with Crippen LogP contribution in [0, 0.1) is 6.92 Å². The molecule has 3 heterocycles. The average molecular weight is 308 g/mol. The van der Waals surface area contributed by atoms with Crippen LogP contribution >= 0.6 is 11.3 Å². The number of likely N-dealkylation sites (N-methyl/N-ethyl adjacent to an activating group) is 1. The predicted molar refractivity (Wildman–Crippen MR) is 80.1 cm³/mol. The Balaban J connectivity index is 1.60. The molecule has 2 aliphatic rings. The first kappa shape index (κ1) is 14.5. The van der Waals surface area contributed by atoms with Crippen LogP contribution in [0.1, 0.15) is 10.7 Å². The van der Waals surface area contributed by atoms with Crippen LogP contribution in [0.25, 0.3) is 0 Å². The van der Waals surface area contributed by atoms with Crippen LogP contribution in [0.4, 0.5) is 0 Å². The van der Waals surface area contributed by atoms with Gasteiger partial charge in [0.2, 0.25) is 11.8 Å². The molecule has 0 spiro atoms. The van der Waals surface area contributed by atoms with Gasteiger partial charge in [0.05, 0.1) is 17.2 Å². The summed E-state index contributed by atoms with van der Waals surface area (Å²) < 4.78 is 0. The number of aryl methyl sites for hydroxylation is 1. The van der Waals surface area contributed by atoms with Crippen LogP contribution < -0.4 is 0 Å². The Hall–Kier alpha value is -1.47. The zero-order valence-corrected chi connectivity index (χ0v) is 13.2. The van der Waals surface area contributed by atoms with Gasteiger partial charge in [-0.05, 0) is 6.92 Å². The van der Waals surface area contributed by atoms with Crippen molar-refractivity contribution in [1.29, 1.82) is 0 Å². The van der Waals surface area contributed by atoms with Gasteiger partial charge in [0.1, 0.15) is 6.04 Å². The summed E-state index contributed by atoms with van der Waals surface area (Å²) in [5.41, 5.74) is 1.11. The highest BCUT2D eigenvalue weighted by Gasteiger charge is 2.40. The van der Waals surface area contributed by atoms with E-state index in [1.54, 1.807) is 23.3 Å². The van der Waals surface area contributed by atoms with Crippen LogP contribution in [0.3, 0.4) is 0 Å². The van der Waals surface area contributed by atoms with Crippen molar-refractivity contribution in [2.45, 2.75) is 19.4 Å². The molecule has 2 aliphatic heterocycles. The lowest BCUT2D eigenvalue weighted by molar-refractivity contribution is -0.158. The lowest BCUT2D eigenvalue weighted by Crippen LogP contribution is -2.66. The van der Waals surface area contributed by atoms with Crippen molar-refractivity contribution in [2.75, 3.05) is 39.8 Å². The fourth-order valence-electron chi connectivity index (χ4n) is 2.97. The van der Waals surface area contributed by atoms with Crippen molar-refractivity contribution in [3.8, 4) is 0 Å². The van der Waals surface area contributed by atoms with Crippen molar-refractivity contribution < 1.29 is 9.59 Å². The maximum atomic E-state index is 12.2. The molecule has 114 valence electrons. The van der Waals surface area contributed by atoms with Crippen molar-refractivity contribution in [3.63, 3.8) is 0 Å². The van der Waals surface area contributed by atoms with E-state index in [9.17, 15) is 9.59 Å². The number of fused-ring (bicyclic) bond motifs is 1. The standard InChI is InChI=1S/C14H20N4O2S/c1-10-15-11(9-21-10)3-4-17-5-6-18-12(7-17)14(20)16(2)8-13(18)19/h9,12H,3-8H2,1-2H3. The molecule has 1 atom stereocenters. The van der Waals surface area contributed by atoms with E-state index in [0.717, 1.165) is 30.2 Å². The second-order valence-corrected chi connectivity index (χ2v) is 6.77. The van der Waals surface area contributed by atoms with E-state index in [1.165, 1.54) is 4.90 Å². The van der Waals surface area contributed by atoms with Gasteiger partial charge in [0.25, 0.3) is 0 Å². The van der Waals surface area contributed by atoms with Gasteiger partial charge in [0.15, 0.2) is 0 Å². The zero-order valence-electron chi connectivity index (χ0n) is 12.4. The Morgan fingerprint density at radius 1 is 1.38 bits per heavy atom. The second kappa shape index (κ2) is 5.73. The summed E-state index contributed by atoms with van der Waals surface area (Å²) in [6.07, 6.45) is 0.898. The molecule has 0 aliphatic carbocycles. The van der Waals surface area contributed by atoms with Gasteiger partial charge < -0.3 is 9.80 Å². The minimum Gasteiger partial charge on any atom is -0.335 e. The van der Waals surface area contributed by atoms with E-state index in [0.29, 0.717) is 13.1 Å². The third kappa shape index (κ3) is 2.94. The summed E-state index contributed by atoms with van der Waals surface area (Å²) in [6, 6.07) is -0.304. The number of piperazine rings is 2. The minimum absolute atomic E-state index is 0.0591. The summed E-state index contributed by atoms with van der Waals surface area (Å²) >= 11 is 1.67. The van der Waals surface area contributed by atoms with Crippen molar-refractivity contribution in [3.05, 3.63) is 16.1 Å². The van der Waals surface area contributed by atoms with Crippen LogP contribution in [-0.4, -0.2) is 77.3 Å². The summed E-state index contributed by atoms with van der Waals surface area (Å²) in [7, 11) is 1.70. The highest BCUT2D eigenvalue weighted by Crippen LogP contribution is 2.17. The van der Waals surface area contributed by atoms with E-state index < -0.39 is 0 Å². The topological polar surface area (TPSA) is 56.8 Å². The Morgan fingerprint density at radius 3 is 2.90 bits per heavy atom. The molecule has 6 nitrogen and oxygen atoms in total. The molecular formula is C14H20N4O2S. The van der Waals surface area contributed by atoms with Gasteiger partial charge in [0, 0.05) is 45.0 Å². The molecule has 0 radical (unpaired) electrons. The maximum Gasteiger partial charge on any atom is 0.246 e. The lowest BCUT2D eigenvalue weighted by atomic mass is 10.1. The number of hydrogen-bond acceptors (Lipinski definition) is 5. The van der Waals surface area contributed by atoms with E-state index >= 15 is 0 Å². The van der Waals surface area contributed by atoms with Gasteiger partial charge in [-0.15, -0.1) is 11.3 Å². The van der Waals surface area contributed by atoms with Gasteiger partial charge in [-0.1, -0.05) is 0 Å². The Morgan fingerprint density at radius 2 is 2.19 bits per heavy atom. The highest BCUT2D eigenvalue weighted by atomic mass is 32.1. The smallest absolute Gasteiger partial charge is 0.246 e. The van der Waals surface area contributed by atoms with Crippen LogP contribution in [0.2, 0.25) is 0 Å². The quantitative estimate of drug-likeness (QED) is 0.787. The third-order valence-electron chi connectivity index (χ3n) is 4.17. The van der Waals surface area contributed by atoms with Gasteiger partial charge in [-0.25, -0.2) is 4.98 Å². The molecule has 0 bridgehead atoms.